The number of carbonyl (C=O) groups excluding carboxylic acids is 2. The van der Waals surface area contributed by atoms with E-state index in [0.29, 0.717) is 17.4 Å². The molecule has 0 heterocycles. The normalized spacial score (nSPS) is 14.0. The minimum absolute atomic E-state index is 0.0215. The molecule has 1 amide bonds. The third-order valence-electron chi connectivity index (χ3n) is 13.3. The van der Waals surface area contributed by atoms with Crippen LogP contribution in [0, 0.1) is 0 Å². The number of rotatable bonds is 54. The Kier molecular flexibility index (Phi) is 49.5. The van der Waals surface area contributed by atoms with Gasteiger partial charge in [0.1, 0.15) is 19.3 Å². The van der Waals surface area contributed by atoms with Crippen molar-refractivity contribution in [3.05, 3.63) is 36.5 Å². The third kappa shape index (κ3) is 51.1. The van der Waals surface area contributed by atoms with Crippen LogP contribution in [0.2, 0.25) is 0 Å². The number of carbonyl (C=O) groups is 2. The Morgan fingerprint density at radius 1 is 0.500 bits per heavy atom. The van der Waals surface area contributed by atoms with Crippen molar-refractivity contribution >= 4 is 19.7 Å². The number of unbranched alkanes of at least 4 members (excludes halogenated alkanes) is 34. The van der Waals surface area contributed by atoms with Gasteiger partial charge in [0.05, 0.1) is 33.8 Å². The smallest absolute Gasteiger partial charge is 0.306 e. The van der Waals surface area contributed by atoms with Gasteiger partial charge in [-0.1, -0.05) is 244 Å². The van der Waals surface area contributed by atoms with Crippen LogP contribution >= 0.6 is 7.82 Å². The second kappa shape index (κ2) is 50.7. The van der Waals surface area contributed by atoms with E-state index >= 15 is 0 Å². The molecule has 0 saturated carbocycles. The van der Waals surface area contributed by atoms with Crippen LogP contribution < -0.4 is 10.2 Å². The number of ether oxygens (including phenoxy) is 1. The molecule has 9 nitrogen and oxygen atoms in total. The van der Waals surface area contributed by atoms with Gasteiger partial charge in [0.25, 0.3) is 7.82 Å². The lowest BCUT2D eigenvalue weighted by molar-refractivity contribution is -0.870. The van der Waals surface area contributed by atoms with Crippen LogP contribution in [0.1, 0.15) is 284 Å². The molecule has 0 aromatic heterocycles. The van der Waals surface area contributed by atoms with Gasteiger partial charge in [0, 0.05) is 12.8 Å². The zero-order valence-corrected chi connectivity index (χ0v) is 47.9. The van der Waals surface area contributed by atoms with Crippen molar-refractivity contribution in [2.45, 2.75) is 296 Å². The average Bonchev–Trinajstić information content (AvgIpc) is 3.32. The molecule has 0 aliphatic rings. The molecule has 3 atom stereocenters. The standard InChI is InChI=1S/C60H115N2O7P/c1-7-10-13-16-19-22-25-27-29-31-33-35-38-41-44-47-50-53-60(64)69-58(51-48-45-42-39-36-24-21-18-15-12-9-3)57(56-68-70(65,66)67-55-54-62(4,5)6)61-59(63)52-49-46-43-40-37-34-32-30-28-26-23-20-17-14-11-8-2/h19,22,27,29,48,51,57-58H,7-18,20-21,23-26,28,30-47,49-50,52-56H2,1-6H3,(H-,61,63,65,66)/b22-19-,29-27-,51-48+. The number of nitrogens with one attached hydrogen (secondary N) is 1. The molecule has 0 bridgehead atoms. The van der Waals surface area contributed by atoms with Crippen LogP contribution in [0.4, 0.5) is 0 Å². The molecule has 10 heteroatoms. The predicted molar refractivity (Wildman–Crippen MR) is 298 cm³/mol. The Hall–Kier alpha value is -1.77. The zero-order chi connectivity index (χ0) is 51.5. The highest BCUT2D eigenvalue weighted by molar-refractivity contribution is 7.45. The molecule has 0 aromatic rings. The predicted octanol–water partition coefficient (Wildman–Crippen LogP) is 17.3. The van der Waals surface area contributed by atoms with Crippen molar-refractivity contribution < 1.29 is 37.3 Å². The Labute approximate surface area is 434 Å². The van der Waals surface area contributed by atoms with Gasteiger partial charge in [-0.25, -0.2) is 0 Å². The summed E-state index contributed by atoms with van der Waals surface area (Å²) in [5.74, 6) is -0.540. The Morgan fingerprint density at radius 2 is 0.871 bits per heavy atom. The first-order valence-corrected chi connectivity index (χ1v) is 31.3. The molecular weight excluding hydrogens is 892 g/mol. The molecule has 0 aromatic carbocycles. The van der Waals surface area contributed by atoms with Gasteiger partial charge >= 0.3 is 5.97 Å². The van der Waals surface area contributed by atoms with Crippen molar-refractivity contribution in [2.75, 3.05) is 40.9 Å². The summed E-state index contributed by atoms with van der Waals surface area (Å²) in [6.45, 7) is 6.83. The van der Waals surface area contributed by atoms with Crippen LogP contribution in [0.3, 0.4) is 0 Å². The molecule has 0 spiro atoms. The Morgan fingerprint density at radius 3 is 1.31 bits per heavy atom. The minimum Gasteiger partial charge on any atom is -0.756 e. The number of hydrogen-bond donors (Lipinski definition) is 1. The van der Waals surface area contributed by atoms with Crippen LogP contribution in [0.25, 0.3) is 0 Å². The largest absolute Gasteiger partial charge is 0.756 e. The lowest BCUT2D eigenvalue weighted by atomic mass is 10.0. The Balaban J connectivity index is 5.27. The van der Waals surface area contributed by atoms with Gasteiger partial charge in [-0.15, -0.1) is 0 Å². The molecule has 0 saturated heterocycles. The summed E-state index contributed by atoms with van der Waals surface area (Å²) in [7, 11) is 1.19. The molecule has 0 aliphatic carbocycles. The highest BCUT2D eigenvalue weighted by Gasteiger charge is 2.27. The Bertz CT molecular complexity index is 1300. The van der Waals surface area contributed by atoms with E-state index in [4.69, 9.17) is 13.8 Å². The first kappa shape index (κ1) is 68.2. The monoisotopic (exact) mass is 1010 g/mol. The van der Waals surface area contributed by atoms with E-state index in [2.05, 4.69) is 50.4 Å². The van der Waals surface area contributed by atoms with Crippen molar-refractivity contribution in [3.63, 3.8) is 0 Å². The maximum atomic E-state index is 13.5. The summed E-state index contributed by atoms with van der Waals surface area (Å²) in [6.07, 6.45) is 59.6. The highest BCUT2D eigenvalue weighted by atomic mass is 31.2. The first-order chi connectivity index (χ1) is 33.9. The number of allylic oxidation sites excluding steroid dienone is 5. The summed E-state index contributed by atoms with van der Waals surface area (Å²) in [6, 6.07) is -0.886. The molecule has 0 rings (SSSR count). The molecule has 3 unspecified atom stereocenters. The van der Waals surface area contributed by atoms with Crippen molar-refractivity contribution in [1.82, 2.24) is 5.32 Å². The molecule has 1 N–H and O–H groups in total. The van der Waals surface area contributed by atoms with Gasteiger partial charge in [0.15, 0.2) is 0 Å². The van der Waals surface area contributed by atoms with Gasteiger partial charge in [-0.2, -0.15) is 0 Å². The van der Waals surface area contributed by atoms with Crippen LogP contribution in [-0.2, 0) is 27.9 Å². The second-order valence-electron chi connectivity index (χ2n) is 21.5. The first-order valence-electron chi connectivity index (χ1n) is 29.8. The number of quaternary nitrogens is 1. The van der Waals surface area contributed by atoms with Crippen molar-refractivity contribution in [1.29, 1.82) is 0 Å². The minimum atomic E-state index is -4.69. The number of amides is 1. The van der Waals surface area contributed by atoms with Crippen molar-refractivity contribution in [2.24, 2.45) is 0 Å². The van der Waals surface area contributed by atoms with E-state index in [0.717, 1.165) is 77.0 Å². The fourth-order valence-corrected chi connectivity index (χ4v) is 9.39. The molecule has 0 radical (unpaired) electrons. The summed E-state index contributed by atoms with van der Waals surface area (Å²) < 4.78 is 30.2. The van der Waals surface area contributed by atoms with Gasteiger partial charge < -0.3 is 28.5 Å². The lowest BCUT2D eigenvalue weighted by Crippen LogP contribution is -2.47. The van der Waals surface area contributed by atoms with Gasteiger partial charge in [-0.3, -0.25) is 14.2 Å². The van der Waals surface area contributed by atoms with E-state index in [1.165, 1.54) is 173 Å². The zero-order valence-electron chi connectivity index (χ0n) is 47.0. The summed E-state index contributed by atoms with van der Waals surface area (Å²) in [5, 5.41) is 3.02. The number of nitrogens with zero attached hydrogens (tertiary/aromatic N) is 1. The fraction of sp³-hybridized carbons (Fsp3) is 0.867. The van der Waals surface area contributed by atoms with E-state index in [1.54, 1.807) is 0 Å². The second-order valence-corrected chi connectivity index (χ2v) is 22.9. The highest BCUT2D eigenvalue weighted by Crippen LogP contribution is 2.38. The van der Waals surface area contributed by atoms with E-state index in [1.807, 2.05) is 33.3 Å². The number of phosphoric acid groups is 1. The molecule has 0 fully saturated rings. The molecule has 0 aliphatic heterocycles. The third-order valence-corrected chi connectivity index (χ3v) is 14.3. The van der Waals surface area contributed by atoms with E-state index < -0.39 is 20.0 Å². The molecule has 412 valence electrons. The lowest BCUT2D eigenvalue weighted by Gasteiger charge is -2.30. The van der Waals surface area contributed by atoms with Gasteiger partial charge in [-0.05, 0) is 63.9 Å². The number of esters is 1. The molecule has 70 heavy (non-hydrogen) atoms. The maximum absolute atomic E-state index is 13.5. The quantitative estimate of drug-likeness (QED) is 0.0212. The molecular formula is C60H115N2O7P. The summed E-state index contributed by atoms with van der Waals surface area (Å²) in [5.41, 5.74) is 0. The number of likely N-dealkylation sites (N-methyl/N-ethyl adjacent to an activating group) is 1. The van der Waals surface area contributed by atoms with Crippen LogP contribution in [-0.4, -0.2) is 69.4 Å². The fourth-order valence-electron chi connectivity index (χ4n) is 8.67. The number of hydrogen-bond acceptors (Lipinski definition) is 7. The van der Waals surface area contributed by atoms with Crippen LogP contribution in [0.15, 0.2) is 36.5 Å². The topological polar surface area (TPSA) is 114 Å². The van der Waals surface area contributed by atoms with Gasteiger partial charge in [0.2, 0.25) is 5.91 Å². The number of phosphoric ester groups is 1. The van der Waals surface area contributed by atoms with E-state index in [9.17, 15) is 19.0 Å². The summed E-state index contributed by atoms with van der Waals surface area (Å²) in [4.78, 5) is 39.9. The SMILES string of the molecule is CCCCC/C=C\C/C=C\CCCCCCCCCC(=O)OC(/C=C/CCCCCCCCCCC)C(COP(=O)([O-])OCC[N+](C)(C)C)NC(=O)CCCCCCCCCCCCCCCCCC. The summed E-state index contributed by atoms with van der Waals surface area (Å²) >= 11 is 0. The maximum Gasteiger partial charge on any atom is 0.306 e. The van der Waals surface area contributed by atoms with E-state index in [-0.39, 0.29) is 31.5 Å². The van der Waals surface area contributed by atoms with Crippen LogP contribution in [0.5, 0.6) is 0 Å². The average molecular weight is 1010 g/mol. The van der Waals surface area contributed by atoms with Crippen molar-refractivity contribution in [3.8, 4) is 0 Å².